The van der Waals surface area contributed by atoms with E-state index in [0.29, 0.717) is 16.1 Å². The van der Waals surface area contributed by atoms with Gasteiger partial charge in [-0.05, 0) is 51.7 Å². The Morgan fingerprint density at radius 2 is 1.84 bits per heavy atom. The molecule has 5 nitrogen and oxygen atoms in total. The molecule has 2 rings (SSSR count). The summed E-state index contributed by atoms with van der Waals surface area (Å²) in [7, 11) is -2.08. The van der Waals surface area contributed by atoms with Crippen LogP contribution in [0, 0.1) is 0 Å². The van der Waals surface area contributed by atoms with E-state index < -0.39 is 10.0 Å². The molecule has 1 N–H and O–H groups in total. The van der Waals surface area contributed by atoms with Gasteiger partial charge >= 0.3 is 0 Å². The van der Waals surface area contributed by atoms with Crippen LogP contribution in [0.1, 0.15) is 25.3 Å². The first-order chi connectivity index (χ1) is 11.8. The van der Waals surface area contributed by atoms with Crippen molar-refractivity contribution in [3.8, 4) is 11.5 Å². The number of halogens is 1. The van der Waals surface area contributed by atoms with Crippen molar-refractivity contribution in [2.24, 2.45) is 0 Å². The normalized spacial score (nSPS) is 11.6. The van der Waals surface area contributed by atoms with Crippen LogP contribution in [0.2, 0.25) is 0 Å². The molecule has 25 heavy (non-hydrogen) atoms. The molecule has 0 aromatic heterocycles. The fourth-order valence-electron chi connectivity index (χ4n) is 2.32. The van der Waals surface area contributed by atoms with Gasteiger partial charge in [0.1, 0.15) is 18.1 Å². The van der Waals surface area contributed by atoms with Crippen LogP contribution >= 0.6 is 15.9 Å². The Labute approximate surface area is 157 Å². The van der Waals surface area contributed by atoms with Crippen molar-refractivity contribution >= 4 is 26.0 Å². The summed E-state index contributed by atoms with van der Waals surface area (Å²) in [6.07, 6.45) is 0. The second kappa shape index (κ2) is 8.69. The number of sulfonamides is 1. The van der Waals surface area contributed by atoms with Crippen molar-refractivity contribution < 1.29 is 17.9 Å². The van der Waals surface area contributed by atoms with Gasteiger partial charge in [0, 0.05) is 6.54 Å². The van der Waals surface area contributed by atoms with E-state index in [-0.39, 0.29) is 18.0 Å². The summed E-state index contributed by atoms with van der Waals surface area (Å²) in [5, 5.41) is 0. The Balaban J connectivity index is 1.96. The molecule has 0 saturated heterocycles. The van der Waals surface area contributed by atoms with Crippen LogP contribution in [0.5, 0.6) is 11.5 Å². The minimum Gasteiger partial charge on any atom is -0.496 e. The molecular weight excluding hydrogens is 406 g/mol. The summed E-state index contributed by atoms with van der Waals surface area (Å²) in [5.74, 6) is 1.70. The van der Waals surface area contributed by atoms with Gasteiger partial charge in [0.05, 0.1) is 16.5 Å². The first-order valence-corrected chi connectivity index (χ1v) is 10.2. The average molecular weight is 428 g/mol. The standard InChI is InChI=1S/C18H22BrNO4S/c1-13(2)15-6-4-5-7-17(15)24-11-10-20-25(21,22)14-8-9-18(23-3)16(19)12-14/h4-9,12-13,20H,10-11H2,1-3H3. The number of benzene rings is 2. The Morgan fingerprint density at radius 1 is 1.12 bits per heavy atom. The number of ether oxygens (including phenoxy) is 2. The van der Waals surface area contributed by atoms with Gasteiger partial charge in [0.15, 0.2) is 0 Å². The van der Waals surface area contributed by atoms with Crippen LogP contribution in [0.15, 0.2) is 51.8 Å². The summed E-state index contributed by atoms with van der Waals surface area (Å²) >= 11 is 3.29. The topological polar surface area (TPSA) is 64.6 Å². The van der Waals surface area contributed by atoms with Gasteiger partial charge in [-0.15, -0.1) is 0 Å². The highest BCUT2D eigenvalue weighted by molar-refractivity contribution is 9.10. The summed E-state index contributed by atoms with van der Waals surface area (Å²) in [6.45, 7) is 4.61. The number of nitrogens with one attached hydrogen (secondary N) is 1. The van der Waals surface area contributed by atoms with Crippen molar-refractivity contribution in [1.82, 2.24) is 4.72 Å². The summed E-state index contributed by atoms with van der Waals surface area (Å²) in [5.41, 5.74) is 1.10. The Morgan fingerprint density at radius 3 is 2.48 bits per heavy atom. The molecule has 0 heterocycles. The van der Waals surface area contributed by atoms with Gasteiger partial charge in [-0.3, -0.25) is 0 Å². The maximum absolute atomic E-state index is 12.3. The van der Waals surface area contributed by atoms with E-state index in [9.17, 15) is 8.42 Å². The number of hydrogen-bond acceptors (Lipinski definition) is 4. The molecule has 2 aromatic carbocycles. The molecule has 0 radical (unpaired) electrons. The van der Waals surface area contributed by atoms with Crippen LogP contribution in [0.3, 0.4) is 0 Å². The molecule has 0 saturated carbocycles. The van der Waals surface area contributed by atoms with Gasteiger partial charge in [-0.1, -0.05) is 32.0 Å². The second-order valence-corrected chi connectivity index (χ2v) is 8.36. The van der Waals surface area contributed by atoms with Gasteiger partial charge in [0.25, 0.3) is 0 Å². The average Bonchev–Trinajstić information content (AvgIpc) is 2.59. The third kappa shape index (κ3) is 5.20. The highest BCUT2D eigenvalue weighted by atomic mass is 79.9. The number of rotatable bonds is 8. The van der Waals surface area contributed by atoms with E-state index in [1.165, 1.54) is 19.2 Å². The molecule has 0 unspecified atom stereocenters. The number of para-hydroxylation sites is 1. The SMILES string of the molecule is COc1ccc(S(=O)(=O)NCCOc2ccccc2C(C)C)cc1Br. The van der Waals surface area contributed by atoms with Crippen molar-refractivity contribution in [3.63, 3.8) is 0 Å². The molecule has 2 aromatic rings. The zero-order chi connectivity index (χ0) is 18.4. The van der Waals surface area contributed by atoms with Crippen molar-refractivity contribution in [3.05, 3.63) is 52.5 Å². The fourth-order valence-corrected chi connectivity index (χ4v) is 4.05. The fraction of sp³-hybridized carbons (Fsp3) is 0.333. The highest BCUT2D eigenvalue weighted by Crippen LogP contribution is 2.27. The maximum Gasteiger partial charge on any atom is 0.240 e. The van der Waals surface area contributed by atoms with E-state index in [2.05, 4.69) is 34.5 Å². The summed E-state index contributed by atoms with van der Waals surface area (Å²) < 4.78 is 38.7. The lowest BCUT2D eigenvalue weighted by Crippen LogP contribution is -2.28. The monoisotopic (exact) mass is 427 g/mol. The second-order valence-electron chi connectivity index (χ2n) is 5.74. The molecule has 0 fully saturated rings. The minimum absolute atomic E-state index is 0.169. The van der Waals surface area contributed by atoms with Gasteiger partial charge in [0.2, 0.25) is 10.0 Å². The lowest BCUT2D eigenvalue weighted by molar-refractivity contribution is 0.318. The van der Waals surface area contributed by atoms with Crippen molar-refractivity contribution in [2.75, 3.05) is 20.3 Å². The molecule has 0 bridgehead atoms. The maximum atomic E-state index is 12.3. The molecule has 0 atom stereocenters. The first-order valence-electron chi connectivity index (χ1n) is 7.90. The van der Waals surface area contributed by atoms with Crippen LogP contribution in [0.25, 0.3) is 0 Å². The lowest BCUT2D eigenvalue weighted by Gasteiger charge is -2.14. The smallest absolute Gasteiger partial charge is 0.240 e. The van der Waals surface area contributed by atoms with Crippen molar-refractivity contribution in [1.29, 1.82) is 0 Å². The minimum atomic E-state index is -3.60. The third-order valence-corrected chi connectivity index (χ3v) is 5.70. The van der Waals surface area contributed by atoms with Crippen molar-refractivity contribution in [2.45, 2.75) is 24.7 Å². The molecule has 0 aliphatic carbocycles. The molecule has 0 amide bonds. The highest BCUT2D eigenvalue weighted by Gasteiger charge is 2.15. The lowest BCUT2D eigenvalue weighted by atomic mass is 10.0. The van der Waals surface area contributed by atoms with Crippen LogP contribution in [0.4, 0.5) is 0 Å². The Bertz CT molecular complexity index is 822. The largest absolute Gasteiger partial charge is 0.496 e. The molecule has 0 aliphatic heterocycles. The zero-order valence-electron chi connectivity index (χ0n) is 14.5. The summed E-state index contributed by atoms with van der Waals surface area (Å²) in [6, 6.07) is 12.4. The molecule has 136 valence electrons. The molecular formula is C18H22BrNO4S. The predicted molar refractivity (Wildman–Crippen MR) is 102 cm³/mol. The van der Waals surface area contributed by atoms with E-state index >= 15 is 0 Å². The van der Waals surface area contributed by atoms with E-state index in [1.807, 2.05) is 24.3 Å². The van der Waals surface area contributed by atoms with Gasteiger partial charge < -0.3 is 9.47 Å². The zero-order valence-corrected chi connectivity index (χ0v) is 16.9. The Kier molecular flexibility index (Phi) is 6.87. The number of hydrogen-bond donors (Lipinski definition) is 1. The van der Waals surface area contributed by atoms with E-state index in [1.54, 1.807) is 6.07 Å². The van der Waals surface area contributed by atoms with E-state index in [4.69, 9.17) is 9.47 Å². The van der Waals surface area contributed by atoms with Crippen LogP contribution in [-0.4, -0.2) is 28.7 Å². The molecule has 7 heteroatoms. The third-order valence-electron chi connectivity index (χ3n) is 3.63. The first kappa shape index (κ1) is 19.8. The number of methoxy groups -OCH3 is 1. The van der Waals surface area contributed by atoms with Crippen LogP contribution < -0.4 is 14.2 Å². The van der Waals surface area contributed by atoms with Crippen LogP contribution in [-0.2, 0) is 10.0 Å². The van der Waals surface area contributed by atoms with Gasteiger partial charge in [-0.2, -0.15) is 0 Å². The predicted octanol–water partition coefficient (Wildman–Crippen LogP) is 3.94. The molecule has 0 spiro atoms. The van der Waals surface area contributed by atoms with E-state index in [0.717, 1.165) is 11.3 Å². The summed E-state index contributed by atoms with van der Waals surface area (Å²) in [4.78, 5) is 0.169. The van der Waals surface area contributed by atoms with Gasteiger partial charge in [-0.25, -0.2) is 13.1 Å². The Hall–Kier alpha value is -1.57. The molecule has 0 aliphatic rings. The quantitative estimate of drug-likeness (QED) is 0.647.